The van der Waals surface area contributed by atoms with E-state index in [1.165, 1.54) is 12.1 Å². The lowest BCUT2D eigenvalue weighted by atomic mass is 10.1. The van der Waals surface area contributed by atoms with Gasteiger partial charge in [-0.05, 0) is 42.3 Å². The molecule has 2 rings (SSSR count). The summed E-state index contributed by atoms with van der Waals surface area (Å²) in [5.41, 5.74) is 1.75. The quantitative estimate of drug-likeness (QED) is 0.330. The van der Waals surface area contributed by atoms with Crippen molar-refractivity contribution in [1.29, 1.82) is 5.26 Å². The molecule has 0 N–H and O–H groups in total. The maximum atomic E-state index is 12.2. The standard InChI is InChI=1S/C19H16N2O4/c1-2-15-5-3-14(13-18(15)21(23)24)4-10-19(22)16-6-8-17(9-7-16)25-12-11-20/h3-10,13H,2,12H2,1H3/b10-4+. The Morgan fingerprint density at radius 1 is 1.28 bits per heavy atom. The van der Waals surface area contributed by atoms with Gasteiger partial charge in [0.25, 0.3) is 5.69 Å². The van der Waals surface area contributed by atoms with Gasteiger partial charge in [-0.3, -0.25) is 14.9 Å². The predicted molar refractivity (Wildman–Crippen MR) is 93.4 cm³/mol. The molecule has 0 bridgehead atoms. The second-order valence-electron chi connectivity index (χ2n) is 5.17. The first-order valence-corrected chi connectivity index (χ1v) is 7.64. The van der Waals surface area contributed by atoms with Crippen LogP contribution in [0.2, 0.25) is 0 Å². The fraction of sp³-hybridized carbons (Fsp3) is 0.158. The second kappa shape index (κ2) is 8.41. The predicted octanol–water partition coefficient (Wildman–Crippen LogP) is 3.96. The van der Waals surface area contributed by atoms with Crippen LogP contribution < -0.4 is 4.74 Å². The largest absolute Gasteiger partial charge is 0.479 e. The monoisotopic (exact) mass is 336 g/mol. The number of rotatable bonds is 7. The first-order valence-electron chi connectivity index (χ1n) is 7.64. The lowest BCUT2D eigenvalue weighted by Gasteiger charge is -2.02. The molecule has 0 aliphatic carbocycles. The van der Waals surface area contributed by atoms with Gasteiger partial charge >= 0.3 is 0 Å². The van der Waals surface area contributed by atoms with Gasteiger partial charge < -0.3 is 4.74 Å². The Bertz CT molecular complexity index is 849. The van der Waals surface area contributed by atoms with E-state index in [1.54, 1.807) is 42.5 Å². The van der Waals surface area contributed by atoms with Crippen molar-refractivity contribution in [1.82, 2.24) is 0 Å². The number of nitriles is 1. The highest BCUT2D eigenvalue weighted by Crippen LogP contribution is 2.22. The summed E-state index contributed by atoms with van der Waals surface area (Å²) < 4.78 is 5.12. The molecular formula is C19H16N2O4. The molecule has 2 aromatic rings. The Morgan fingerprint density at radius 2 is 2.00 bits per heavy atom. The number of nitro benzene ring substituents is 1. The highest BCUT2D eigenvalue weighted by Gasteiger charge is 2.12. The van der Waals surface area contributed by atoms with Crippen molar-refractivity contribution < 1.29 is 14.5 Å². The molecule has 0 saturated carbocycles. The maximum absolute atomic E-state index is 12.2. The van der Waals surface area contributed by atoms with E-state index < -0.39 is 4.92 Å². The van der Waals surface area contributed by atoms with Crippen LogP contribution in [-0.4, -0.2) is 17.3 Å². The van der Waals surface area contributed by atoms with Crippen molar-refractivity contribution in [3.63, 3.8) is 0 Å². The van der Waals surface area contributed by atoms with E-state index in [0.717, 1.165) is 0 Å². The van der Waals surface area contributed by atoms with E-state index >= 15 is 0 Å². The summed E-state index contributed by atoms with van der Waals surface area (Å²) in [6, 6.07) is 13.2. The fourth-order valence-electron chi connectivity index (χ4n) is 2.25. The minimum absolute atomic E-state index is 0.0519. The molecule has 0 unspecified atom stereocenters. The van der Waals surface area contributed by atoms with Crippen LogP contribution in [0.1, 0.15) is 28.4 Å². The summed E-state index contributed by atoms with van der Waals surface area (Å²) >= 11 is 0. The molecule has 126 valence electrons. The topological polar surface area (TPSA) is 93.2 Å². The van der Waals surface area contributed by atoms with Gasteiger partial charge in [-0.2, -0.15) is 5.26 Å². The average molecular weight is 336 g/mol. The number of carbonyl (C=O) groups excluding carboxylic acids is 1. The van der Waals surface area contributed by atoms with Crippen LogP contribution in [0.25, 0.3) is 6.08 Å². The van der Waals surface area contributed by atoms with Crippen molar-refractivity contribution in [3.8, 4) is 11.8 Å². The van der Waals surface area contributed by atoms with Crippen LogP contribution >= 0.6 is 0 Å². The average Bonchev–Trinajstić information content (AvgIpc) is 2.64. The maximum Gasteiger partial charge on any atom is 0.273 e. The number of allylic oxidation sites excluding steroid dienone is 1. The summed E-state index contributed by atoms with van der Waals surface area (Å²) in [5, 5.41) is 19.5. The van der Waals surface area contributed by atoms with Gasteiger partial charge in [0.15, 0.2) is 12.4 Å². The van der Waals surface area contributed by atoms with E-state index in [-0.39, 0.29) is 18.1 Å². The normalized spacial score (nSPS) is 10.4. The van der Waals surface area contributed by atoms with Crippen molar-refractivity contribution in [2.75, 3.05) is 6.61 Å². The Balaban J connectivity index is 2.13. The molecule has 2 aromatic carbocycles. The first-order chi connectivity index (χ1) is 12.0. The van der Waals surface area contributed by atoms with E-state index in [1.807, 2.05) is 13.0 Å². The Kier molecular flexibility index (Phi) is 6.02. The van der Waals surface area contributed by atoms with Gasteiger partial charge in [0, 0.05) is 17.2 Å². The number of ether oxygens (including phenoxy) is 1. The molecule has 0 radical (unpaired) electrons. The molecule has 6 nitrogen and oxygen atoms in total. The number of benzene rings is 2. The summed E-state index contributed by atoms with van der Waals surface area (Å²) in [6.07, 6.45) is 3.49. The van der Waals surface area contributed by atoms with Crippen LogP contribution in [0.5, 0.6) is 5.75 Å². The molecule has 6 heteroatoms. The third kappa shape index (κ3) is 4.75. The molecule has 0 heterocycles. The highest BCUT2D eigenvalue weighted by molar-refractivity contribution is 6.06. The number of hydrogen-bond donors (Lipinski definition) is 0. The number of ketones is 1. The lowest BCUT2D eigenvalue weighted by molar-refractivity contribution is -0.385. The molecule has 0 aromatic heterocycles. The molecule has 0 amide bonds. The smallest absolute Gasteiger partial charge is 0.273 e. The van der Waals surface area contributed by atoms with Gasteiger partial charge in [-0.25, -0.2) is 0 Å². The fourth-order valence-corrected chi connectivity index (χ4v) is 2.25. The molecule has 0 atom stereocenters. The molecule has 0 fully saturated rings. The molecule has 0 aliphatic rings. The van der Waals surface area contributed by atoms with E-state index in [0.29, 0.717) is 28.9 Å². The van der Waals surface area contributed by atoms with Crippen molar-refractivity contribution in [3.05, 3.63) is 75.3 Å². The lowest BCUT2D eigenvalue weighted by Crippen LogP contribution is -1.97. The molecule has 0 aliphatic heterocycles. The molecule has 25 heavy (non-hydrogen) atoms. The zero-order valence-electron chi connectivity index (χ0n) is 13.6. The van der Waals surface area contributed by atoms with Gasteiger partial charge in [0.1, 0.15) is 11.8 Å². The van der Waals surface area contributed by atoms with Gasteiger partial charge in [0.05, 0.1) is 4.92 Å². The van der Waals surface area contributed by atoms with E-state index in [9.17, 15) is 14.9 Å². The minimum atomic E-state index is -0.419. The van der Waals surface area contributed by atoms with Gasteiger partial charge in [-0.1, -0.05) is 25.1 Å². The summed E-state index contributed by atoms with van der Waals surface area (Å²) in [5.74, 6) is 0.280. The van der Waals surface area contributed by atoms with Crippen LogP contribution in [0.3, 0.4) is 0 Å². The molecule has 0 spiro atoms. The van der Waals surface area contributed by atoms with Crippen LogP contribution in [0.15, 0.2) is 48.5 Å². The Hall–Kier alpha value is -3.46. The van der Waals surface area contributed by atoms with Crippen LogP contribution in [0.4, 0.5) is 5.69 Å². The number of carbonyl (C=O) groups is 1. The summed E-state index contributed by atoms with van der Waals surface area (Å²) in [7, 11) is 0. The molecular weight excluding hydrogens is 320 g/mol. The van der Waals surface area contributed by atoms with Crippen molar-refractivity contribution in [2.24, 2.45) is 0 Å². The first kappa shape index (κ1) is 17.9. The third-order valence-corrected chi connectivity index (χ3v) is 3.56. The number of nitrogens with zero attached hydrogens (tertiary/aromatic N) is 2. The van der Waals surface area contributed by atoms with E-state index in [4.69, 9.17) is 10.00 Å². The van der Waals surface area contributed by atoms with Crippen molar-refractivity contribution >= 4 is 17.5 Å². The van der Waals surface area contributed by atoms with Crippen molar-refractivity contribution in [2.45, 2.75) is 13.3 Å². The number of aryl methyl sites for hydroxylation is 1. The minimum Gasteiger partial charge on any atom is -0.479 e. The van der Waals surface area contributed by atoms with Crippen LogP contribution in [0, 0.1) is 21.4 Å². The third-order valence-electron chi connectivity index (χ3n) is 3.56. The summed E-state index contributed by atoms with van der Waals surface area (Å²) in [4.78, 5) is 22.8. The van der Waals surface area contributed by atoms with Gasteiger partial charge in [0.2, 0.25) is 0 Å². The Labute approximate surface area is 145 Å². The second-order valence-corrected chi connectivity index (χ2v) is 5.17. The highest BCUT2D eigenvalue weighted by atomic mass is 16.6. The molecule has 0 saturated heterocycles. The SMILES string of the molecule is CCc1ccc(/C=C/C(=O)c2ccc(OCC#N)cc2)cc1[N+](=O)[O-]. The number of nitro groups is 1. The summed E-state index contributed by atoms with van der Waals surface area (Å²) in [6.45, 7) is 1.80. The Morgan fingerprint density at radius 3 is 2.60 bits per heavy atom. The van der Waals surface area contributed by atoms with Gasteiger partial charge in [-0.15, -0.1) is 0 Å². The zero-order valence-corrected chi connectivity index (χ0v) is 13.6. The zero-order chi connectivity index (χ0) is 18.2. The number of hydrogen-bond acceptors (Lipinski definition) is 5. The van der Waals surface area contributed by atoms with E-state index in [2.05, 4.69) is 0 Å². The van der Waals surface area contributed by atoms with Crippen LogP contribution in [-0.2, 0) is 6.42 Å².